The molecule has 0 aliphatic rings. The van der Waals surface area contributed by atoms with Gasteiger partial charge in [-0.15, -0.1) is 0 Å². The molecule has 1 aromatic heterocycles. The number of ether oxygens (including phenoxy) is 2. The molecule has 6 nitrogen and oxygen atoms in total. The number of hydrogen-bond donors (Lipinski definition) is 1. The Bertz CT molecular complexity index is 1330. The summed E-state index contributed by atoms with van der Waals surface area (Å²) >= 11 is 2.12. The summed E-state index contributed by atoms with van der Waals surface area (Å²) in [5.41, 5.74) is 4.46. The molecule has 3 aromatic carbocycles. The second-order valence-corrected chi connectivity index (χ2v) is 10.5. The zero-order valence-electron chi connectivity index (χ0n) is 21.5. The van der Waals surface area contributed by atoms with Gasteiger partial charge in [-0.1, -0.05) is 79.7 Å². The van der Waals surface area contributed by atoms with Crippen molar-refractivity contribution in [2.75, 3.05) is 0 Å². The van der Waals surface area contributed by atoms with Gasteiger partial charge in [0.25, 0.3) is 5.91 Å². The van der Waals surface area contributed by atoms with E-state index in [1.165, 1.54) is 0 Å². The average molecular weight is 610 g/mol. The van der Waals surface area contributed by atoms with Crippen molar-refractivity contribution in [2.45, 2.75) is 52.9 Å². The van der Waals surface area contributed by atoms with Crippen LogP contribution in [0.2, 0.25) is 0 Å². The molecule has 0 aliphatic heterocycles. The summed E-state index contributed by atoms with van der Waals surface area (Å²) < 4.78 is 18.8. The third kappa shape index (κ3) is 6.71. The first-order valence-corrected chi connectivity index (χ1v) is 13.4. The Morgan fingerprint density at radius 3 is 2.00 bits per heavy atom. The number of carbonyl (C=O) groups excluding carboxylic acids is 1. The third-order valence-corrected chi connectivity index (χ3v) is 6.73. The standard InChI is InChI=1S/C30H31IN2O4/c1-19(2)23-15-24(28-27(31)29(37-33-28)30(34)32-20(3)4)26(36-18-22-13-9-6-10-14-22)16-25(23)35-17-21-11-7-5-8-12-21/h5-16,19-20H,17-18H2,1-4H3,(H,32,34). The number of carbonyl (C=O) groups is 1. The van der Waals surface area contributed by atoms with Gasteiger partial charge in [0.15, 0.2) is 0 Å². The topological polar surface area (TPSA) is 73.6 Å². The minimum Gasteiger partial charge on any atom is -0.488 e. The fourth-order valence-corrected chi connectivity index (χ4v) is 4.58. The second-order valence-electron chi connectivity index (χ2n) is 9.39. The van der Waals surface area contributed by atoms with E-state index in [9.17, 15) is 4.79 Å². The van der Waals surface area contributed by atoms with Gasteiger partial charge < -0.3 is 19.3 Å². The summed E-state index contributed by atoms with van der Waals surface area (Å²) in [4.78, 5) is 12.7. The highest BCUT2D eigenvalue weighted by Crippen LogP contribution is 2.41. The van der Waals surface area contributed by atoms with Crippen LogP contribution < -0.4 is 14.8 Å². The van der Waals surface area contributed by atoms with E-state index in [1.807, 2.05) is 86.6 Å². The van der Waals surface area contributed by atoms with Crippen LogP contribution in [0.4, 0.5) is 0 Å². The molecule has 0 unspecified atom stereocenters. The number of nitrogens with one attached hydrogen (secondary N) is 1. The van der Waals surface area contributed by atoms with Crippen LogP contribution in [0.3, 0.4) is 0 Å². The molecule has 0 saturated heterocycles. The molecule has 192 valence electrons. The number of hydrogen-bond acceptors (Lipinski definition) is 5. The summed E-state index contributed by atoms with van der Waals surface area (Å²) in [6.45, 7) is 8.87. The smallest absolute Gasteiger partial charge is 0.291 e. The highest BCUT2D eigenvalue weighted by atomic mass is 127. The largest absolute Gasteiger partial charge is 0.488 e. The Balaban J connectivity index is 1.75. The van der Waals surface area contributed by atoms with Gasteiger partial charge in [-0.25, -0.2) is 0 Å². The van der Waals surface area contributed by atoms with Gasteiger partial charge in [-0.3, -0.25) is 4.79 Å². The highest BCUT2D eigenvalue weighted by Gasteiger charge is 2.26. The molecule has 0 spiro atoms. The van der Waals surface area contributed by atoms with Crippen LogP contribution in [-0.4, -0.2) is 17.1 Å². The van der Waals surface area contributed by atoms with Crippen molar-refractivity contribution < 1.29 is 18.8 Å². The molecule has 0 saturated carbocycles. The first-order valence-electron chi connectivity index (χ1n) is 12.3. The van der Waals surface area contributed by atoms with Crippen molar-refractivity contribution in [1.29, 1.82) is 0 Å². The number of halogens is 1. The molecule has 1 N–H and O–H groups in total. The first-order chi connectivity index (χ1) is 17.8. The van der Waals surface area contributed by atoms with Crippen molar-refractivity contribution in [1.82, 2.24) is 10.5 Å². The SMILES string of the molecule is CC(C)NC(=O)c1onc(-c2cc(C(C)C)c(OCc3ccccc3)cc2OCc2ccccc2)c1I. The highest BCUT2D eigenvalue weighted by molar-refractivity contribution is 14.1. The van der Waals surface area contributed by atoms with Crippen LogP contribution in [0.25, 0.3) is 11.3 Å². The maximum absolute atomic E-state index is 12.7. The molecule has 0 atom stereocenters. The average Bonchev–Trinajstić information content (AvgIpc) is 3.27. The monoisotopic (exact) mass is 610 g/mol. The fourth-order valence-electron chi connectivity index (χ4n) is 3.84. The molecular formula is C30H31IN2O4. The number of benzene rings is 3. The molecule has 4 rings (SSSR count). The molecule has 0 radical (unpaired) electrons. The van der Waals surface area contributed by atoms with Crippen LogP contribution in [-0.2, 0) is 13.2 Å². The van der Waals surface area contributed by atoms with Crippen molar-refractivity contribution in [3.05, 3.63) is 98.8 Å². The van der Waals surface area contributed by atoms with Crippen LogP contribution >= 0.6 is 22.6 Å². The van der Waals surface area contributed by atoms with Gasteiger partial charge in [0.05, 0.1) is 3.57 Å². The second kappa shape index (κ2) is 12.3. The normalized spacial score (nSPS) is 11.1. The lowest BCUT2D eigenvalue weighted by atomic mass is 9.97. The van der Waals surface area contributed by atoms with Crippen molar-refractivity contribution in [3.63, 3.8) is 0 Å². The summed E-state index contributed by atoms with van der Waals surface area (Å²) in [7, 11) is 0. The number of nitrogens with zero attached hydrogens (tertiary/aromatic N) is 1. The Morgan fingerprint density at radius 1 is 0.892 bits per heavy atom. The van der Waals surface area contributed by atoms with E-state index in [4.69, 9.17) is 14.0 Å². The van der Waals surface area contributed by atoms with Gasteiger partial charge in [0, 0.05) is 17.7 Å². The lowest BCUT2D eigenvalue weighted by Crippen LogP contribution is -2.30. The van der Waals surface area contributed by atoms with E-state index in [0.717, 1.165) is 28.0 Å². The van der Waals surface area contributed by atoms with Crippen molar-refractivity contribution >= 4 is 28.5 Å². The lowest BCUT2D eigenvalue weighted by molar-refractivity contribution is 0.0904. The van der Waals surface area contributed by atoms with E-state index < -0.39 is 0 Å². The molecule has 4 aromatic rings. The lowest BCUT2D eigenvalue weighted by Gasteiger charge is -2.19. The van der Waals surface area contributed by atoms with Gasteiger partial charge in [0.2, 0.25) is 5.76 Å². The number of amides is 1. The van der Waals surface area contributed by atoms with E-state index in [-0.39, 0.29) is 23.6 Å². The van der Waals surface area contributed by atoms with E-state index in [0.29, 0.717) is 28.2 Å². The molecule has 37 heavy (non-hydrogen) atoms. The predicted molar refractivity (Wildman–Crippen MR) is 153 cm³/mol. The van der Waals surface area contributed by atoms with Gasteiger partial charge in [-0.2, -0.15) is 0 Å². The maximum atomic E-state index is 12.7. The maximum Gasteiger partial charge on any atom is 0.291 e. The number of rotatable bonds is 10. The molecule has 7 heteroatoms. The summed E-state index contributed by atoms with van der Waals surface area (Å²) in [6, 6.07) is 24.0. The van der Waals surface area contributed by atoms with Gasteiger partial charge >= 0.3 is 0 Å². The van der Waals surface area contributed by atoms with Gasteiger partial charge in [0.1, 0.15) is 30.4 Å². The fraction of sp³-hybridized carbons (Fsp3) is 0.267. The minimum atomic E-state index is -0.295. The number of aromatic nitrogens is 1. The van der Waals surface area contributed by atoms with Crippen molar-refractivity contribution in [3.8, 4) is 22.8 Å². The van der Waals surface area contributed by atoms with Crippen molar-refractivity contribution in [2.24, 2.45) is 0 Å². The molecule has 0 aliphatic carbocycles. The zero-order chi connectivity index (χ0) is 26.4. The van der Waals surface area contributed by atoms with Crippen LogP contribution in [0.5, 0.6) is 11.5 Å². The Kier molecular flexibility index (Phi) is 8.87. The van der Waals surface area contributed by atoms with E-state index in [2.05, 4.69) is 46.9 Å². The zero-order valence-corrected chi connectivity index (χ0v) is 23.6. The Morgan fingerprint density at radius 2 is 1.46 bits per heavy atom. The molecular weight excluding hydrogens is 579 g/mol. The third-order valence-electron chi connectivity index (χ3n) is 5.72. The van der Waals surface area contributed by atoms with Gasteiger partial charge in [-0.05, 0) is 65.1 Å². The Labute approximate surface area is 231 Å². The van der Waals surface area contributed by atoms with Crippen LogP contribution in [0, 0.1) is 3.57 Å². The van der Waals surface area contributed by atoms with Crippen LogP contribution in [0.1, 0.15) is 60.9 Å². The quantitative estimate of drug-likeness (QED) is 0.190. The molecule has 0 fully saturated rings. The molecule has 0 bridgehead atoms. The van der Waals surface area contributed by atoms with Crippen LogP contribution in [0.15, 0.2) is 77.3 Å². The predicted octanol–water partition coefficient (Wildman–Crippen LogP) is 7.37. The minimum absolute atomic E-state index is 0.0183. The molecule has 1 heterocycles. The summed E-state index contributed by atoms with van der Waals surface area (Å²) in [5, 5.41) is 7.16. The summed E-state index contributed by atoms with van der Waals surface area (Å²) in [6.07, 6.45) is 0. The first kappa shape index (κ1) is 26.7. The summed E-state index contributed by atoms with van der Waals surface area (Å²) in [5.74, 6) is 1.44. The molecule has 1 amide bonds. The Hall–Kier alpha value is -3.33. The van der Waals surface area contributed by atoms with E-state index >= 15 is 0 Å². The van der Waals surface area contributed by atoms with E-state index in [1.54, 1.807) is 0 Å².